The summed E-state index contributed by atoms with van der Waals surface area (Å²) in [6, 6.07) is 65.6. The van der Waals surface area contributed by atoms with E-state index >= 15 is 0 Å². The largest absolute Gasteiger partial charge is 0.456 e. The molecule has 2 nitrogen and oxygen atoms in total. The van der Waals surface area contributed by atoms with Gasteiger partial charge in [-0.1, -0.05) is 146 Å². The Bertz CT molecular complexity index is 3430. The summed E-state index contributed by atoms with van der Waals surface area (Å²) in [6.45, 7) is 0. The van der Waals surface area contributed by atoms with Crippen molar-refractivity contribution in [1.29, 1.82) is 0 Å². The van der Waals surface area contributed by atoms with Crippen LogP contribution in [0.5, 0.6) is 0 Å². The first-order chi connectivity index (χ1) is 26.8. The average Bonchev–Trinajstić information content (AvgIpc) is 3.79. The van der Waals surface area contributed by atoms with Crippen molar-refractivity contribution in [2.75, 3.05) is 0 Å². The minimum Gasteiger partial charge on any atom is -0.456 e. The van der Waals surface area contributed by atoms with Gasteiger partial charge in [-0.05, 0) is 113 Å². The van der Waals surface area contributed by atoms with Crippen molar-refractivity contribution in [3.63, 3.8) is 0 Å². The topological polar surface area (TPSA) is 26.3 Å². The van der Waals surface area contributed by atoms with E-state index in [1.165, 1.54) is 65.5 Å². The number of benzene rings is 10. The van der Waals surface area contributed by atoms with Crippen molar-refractivity contribution in [1.82, 2.24) is 0 Å². The lowest BCUT2D eigenvalue weighted by Gasteiger charge is -2.19. The van der Waals surface area contributed by atoms with Gasteiger partial charge in [0.1, 0.15) is 22.3 Å². The van der Waals surface area contributed by atoms with Crippen LogP contribution in [0.25, 0.3) is 120 Å². The third-order valence-corrected chi connectivity index (χ3v) is 11.4. The normalized spacial score (nSPS) is 12.1. The lowest BCUT2D eigenvalue weighted by molar-refractivity contribution is 0.668. The van der Waals surface area contributed by atoms with Crippen molar-refractivity contribution >= 4 is 87.0 Å². The lowest BCUT2D eigenvalue weighted by atomic mass is 9.83. The van der Waals surface area contributed by atoms with Crippen LogP contribution in [0.1, 0.15) is 0 Å². The molecule has 0 radical (unpaired) electrons. The van der Waals surface area contributed by atoms with E-state index < -0.39 is 0 Å². The van der Waals surface area contributed by atoms with Crippen molar-refractivity contribution < 1.29 is 8.83 Å². The molecule has 12 rings (SSSR count). The number of fused-ring (bicyclic) bond motifs is 11. The van der Waals surface area contributed by atoms with Gasteiger partial charge in [0, 0.05) is 21.5 Å². The second kappa shape index (κ2) is 11.2. The van der Waals surface area contributed by atoms with Gasteiger partial charge in [-0.25, -0.2) is 0 Å². The van der Waals surface area contributed by atoms with Crippen LogP contribution >= 0.6 is 0 Å². The smallest absolute Gasteiger partial charge is 0.136 e. The van der Waals surface area contributed by atoms with Gasteiger partial charge in [-0.15, -0.1) is 0 Å². The molecule has 0 spiro atoms. The van der Waals surface area contributed by atoms with Gasteiger partial charge < -0.3 is 8.83 Å². The maximum atomic E-state index is 6.69. The molecule has 54 heavy (non-hydrogen) atoms. The molecule has 0 aliphatic carbocycles. The minimum atomic E-state index is 0.881. The highest BCUT2D eigenvalue weighted by Crippen LogP contribution is 2.47. The van der Waals surface area contributed by atoms with Gasteiger partial charge in [0.15, 0.2) is 0 Å². The lowest BCUT2D eigenvalue weighted by Crippen LogP contribution is -1.92. The Morgan fingerprint density at radius 3 is 1.57 bits per heavy atom. The van der Waals surface area contributed by atoms with Crippen LogP contribution in [0, 0.1) is 0 Å². The summed E-state index contributed by atoms with van der Waals surface area (Å²) in [5.41, 5.74) is 10.9. The molecule has 2 heteroatoms. The predicted molar refractivity (Wildman–Crippen MR) is 227 cm³/mol. The highest BCUT2D eigenvalue weighted by atomic mass is 16.3. The molecule has 0 fully saturated rings. The average molecular weight is 687 g/mol. The zero-order valence-corrected chi connectivity index (χ0v) is 29.1. The number of hydrogen-bond donors (Lipinski definition) is 0. The summed E-state index contributed by atoms with van der Waals surface area (Å²) in [7, 11) is 0. The Kier molecular flexibility index (Phi) is 6.09. The van der Waals surface area contributed by atoms with E-state index in [9.17, 15) is 0 Å². The van der Waals surface area contributed by atoms with E-state index in [2.05, 4.69) is 170 Å². The van der Waals surface area contributed by atoms with Crippen LogP contribution in [0.15, 0.2) is 191 Å². The number of rotatable bonds is 3. The van der Waals surface area contributed by atoms with Crippen molar-refractivity contribution in [2.24, 2.45) is 0 Å². The van der Waals surface area contributed by atoms with Gasteiger partial charge in [0.05, 0.1) is 0 Å². The molecule has 0 saturated heterocycles. The molecule has 0 unspecified atom stereocenters. The Hall–Kier alpha value is -7.16. The molecule has 0 bridgehead atoms. The SMILES string of the molecule is c1ccc(-c2ccc(-c3c4ccccc4c(-c4ccc5c(c4)oc4ccc6cc7oc8ccccc8c7cc6c45)c4ccccc34)c3ccccc23)cc1. The summed E-state index contributed by atoms with van der Waals surface area (Å²) in [6.07, 6.45) is 0. The van der Waals surface area contributed by atoms with Crippen LogP contribution in [-0.4, -0.2) is 0 Å². The molecule has 0 amide bonds. The van der Waals surface area contributed by atoms with Gasteiger partial charge in [-0.3, -0.25) is 0 Å². The van der Waals surface area contributed by atoms with Crippen LogP contribution < -0.4 is 0 Å². The molecule has 250 valence electrons. The zero-order valence-electron chi connectivity index (χ0n) is 29.1. The fourth-order valence-corrected chi connectivity index (χ4v) is 9.09. The van der Waals surface area contributed by atoms with E-state index in [0.29, 0.717) is 0 Å². The summed E-state index contributed by atoms with van der Waals surface area (Å²) in [5.74, 6) is 0. The summed E-state index contributed by atoms with van der Waals surface area (Å²) < 4.78 is 12.9. The van der Waals surface area contributed by atoms with E-state index in [-0.39, 0.29) is 0 Å². The highest BCUT2D eigenvalue weighted by molar-refractivity contribution is 6.26. The van der Waals surface area contributed by atoms with Crippen molar-refractivity contribution in [3.8, 4) is 33.4 Å². The molecule has 2 heterocycles. The minimum absolute atomic E-state index is 0.881. The first-order valence-electron chi connectivity index (χ1n) is 18.5. The first kappa shape index (κ1) is 29.4. The zero-order chi connectivity index (χ0) is 35.3. The Labute approximate surface area is 310 Å². The fraction of sp³-hybridized carbons (Fsp3) is 0. The van der Waals surface area contributed by atoms with Gasteiger partial charge in [0.25, 0.3) is 0 Å². The van der Waals surface area contributed by atoms with Crippen LogP contribution in [0.4, 0.5) is 0 Å². The van der Waals surface area contributed by atoms with Crippen molar-refractivity contribution in [3.05, 3.63) is 182 Å². The molecule has 0 N–H and O–H groups in total. The fourth-order valence-electron chi connectivity index (χ4n) is 9.09. The maximum Gasteiger partial charge on any atom is 0.136 e. The van der Waals surface area contributed by atoms with E-state index in [1.54, 1.807) is 0 Å². The predicted octanol–water partition coefficient (Wildman–Crippen LogP) is 15.1. The molecule has 12 aromatic rings. The third-order valence-electron chi connectivity index (χ3n) is 11.4. The van der Waals surface area contributed by atoms with E-state index in [4.69, 9.17) is 8.83 Å². The number of hydrogen-bond acceptors (Lipinski definition) is 2. The van der Waals surface area contributed by atoms with Crippen LogP contribution in [0.3, 0.4) is 0 Å². The second-order valence-electron chi connectivity index (χ2n) is 14.3. The summed E-state index contributed by atoms with van der Waals surface area (Å²) in [5, 5.41) is 14.2. The molecule has 10 aromatic carbocycles. The number of furan rings is 2. The molecule has 0 aliphatic heterocycles. The third kappa shape index (κ3) is 4.17. The van der Waals surface area contributed by atoms with Crippen LogP contribution in [0.2, 0.25) is 0 Å². The van der Waals surface area contributed by atoms with Gasteiger partial charge >= 0.3 is 0 Å². The molecule has 0 atom stereocenters. The highest BCUT2D eigenvalue weighted by Gasteiger charge is 2.20. The molecule has 2 aromatic heterocycles. The van der Waals surface area contributed by atoms with E-state index in [0.717, 1.165) is 54.8 Å². The van der Waals surface area contributed by atoms with Crippen LogP contribution in [-0.2, 0) is 0 Å². The quantitative estimate of drug-likeness (QED) is 0.173. The molecule has 0 aliphatic rings. The van der Waals surface area contributed by atoms with Gasteiger partial charge in [0.2, 0.25) is 0 Å². The standard InChI is InChI=1S/C52H30O2/c1-2-12-31(13-3-1)34-25-26-42(36-15-5-4-14-35(34)36)51-40-19-8-6-17-38(40)50(39-18-7-9-20-41(39)51)33-22-24-43-48(29-33)54-47-27-23-32-28-49-45(30-44(32)52(43)47)37-16-10-11-21-46(37)53-49/h1-30H. The first-order valence-corrected chi connectivity index (χ1v) is 18.5. The number of para-hydroxylation sites is 1. The molecule has 0 saturated carbocycles. The molecular formula is C52H30O2. The van der Waals surface area contributed by atoms with E-state index in [1.807, 2.05) is 12.1 Å². The van der Waals surface area contributed by atoms with Gasteiger partial charge in [-0.2, -0.15) is 0 Å². The second-order valence-corrected chi connectivity index (χ2v) is 14.3. The Balaban J connectivity index is 1.10. The monoisotopic (exact) mass is 686 g/mol. The summed E-state index contributed by atoms with van der Waals surface area (Å²) >= 11 is 0. The Morgan fingerprint density at radius 1 is 0.259 bits per heavy atom. The van der Waals surface area contributed by atoms with Crippen molar-refractivity contribution in [2.45, 2.75) is 0 Å². The molecular weight excluding hydrogens is 657 g/mol. The maximum absolute atomic E-state index is 6.69. The Morgan fingerprint density at radius 2 is 0.833 bits per heavy atom. The summed E-state index contributed by atoms with van der Waals surface area (Å²) in [4.78, 5) is 0.